The molecular weight excluding hydrogens is 332 g/mol. The highest BCUT2D eigenvalue weighted by Gasteiger charge is 2.12. The lowest BCUT2D eigenvalue weighted by Gasteiger charge is -2.18. The zero-order valence-corrected chi connectivity index (χ0v) is 15.3. The summed E-state index contributed by atoms with van der Waals surface area (Å²) < 4.78 is 10.5. The largest absolute Gasteiger partial charge is 0.492 e. The Bertz CT molecular complexity index is 726. The second-order valence-corrected chi connectivity index (χ2v) is 5.81. The zero-order valence-electron chi connectivity index (χ0n) is 15.3. The van der Waals surface area contributed by atoms with Crippen LogP contribution in [0.1, 0.15) is 22.8 Å². The van der Waals surface area contributed by atoms with Crippen molar-refractivity contribution < 1.29 is 19.1 Å². The van der Waals surface area contributed by atoms with Gasteiger partial charge in [0.1, 0.15) is 12.4 Å². The van der Waals surface area contributed by atoms with Gasteiger partial charge in [-0.25, -0.2) is 4.79 Å². The Balaban J connectivity index is 1.83. The van der Waals surface area contributed by atoms with Crippen LogP contribution in [-0.4, -0.2) is 43.7 Å². The Hall–Kier alpha value is -3.02. The van der Waals surface area contributed by atoms with Crippen molar-refractivity contribution in [3.63, 3.8) is 0 Å². The van der Waals surface area contributed by atoms with Crippen molar-refractivity contribution in [2.45, 2.75) is 13.8 Å². The number of aryl methyl sites for hydroxylation is 1. The number of nitrogens with zero attached hydrogens (tertiary/aromatic N) is 1. The van der Waals surface area contributed by atoms with Crippen molar-refractivity contribution in [3.05, 3.63) is 59.7 Å². The van der Waals surface area contributed by atoms with Gasteiger partial charge in [-0.3, -0.25) is 10.1 Å². The highest BCUT2D eigenvalue weighted by molar-refractivity contribution is 5.95. The highest BCUT2D eigenvalue weighted by atomic mass is 16.5. The molecule has 0 fully saturated rings. The molecule has 0 spiro atoms. The second-order valence-electron chi connectivity index (χ2n) is 5.81. The minimum Gasteiger partial charge on any atom is -0.492 e. The molecule has 0 heterocycles. The Labute approximate surface area is 153 Å². The summed E-state index contributed by atoms with van der Waals surface area (Å²) in [5, 5.41) is 2.59. The number of ether oxygens (including phenoxy) is 2. The van der Waals surface area contributed by atoms with Gasteiger partial charge < -0.3 is 14.4 Å². The fourth-order valence-electron chi connectivity index (χ4n) is 2.24. The van der Waals surface area contributed by atoms with Gasteiger partial charge in [-0.15, -0.1) is 0 Å². The van der Waals surface area contributed by atoms with Crippen LogP contribution < -0.4 is 10.1 Å². The van der Waals surface area contributed by atoms with Crippen LogP contribution in [0.4, 0.5) is 10.5 Å². The number of hydrogen-bond acceptors (Lipinski definition) is 4. The number of benzene rings is 2. The van der Waals surface area contributed by atoms with Crippen molar-refractivity contribution in [1.82, 2.24) is 4.90 Å². The molecule has 2 amide bonds. The number of hydrogen-bond donors (Lipinski definition) is 1. The predicted octanol–water partition coefficient (Wildman–Crippen LogP) is 3.71. The summed E-state index contributed by atoms with van der Waals surface area (Å²) in [6.45, 7) is 4.94. The molecular formula is C20H24N2O4. The molecule has 0 aliphatic rings. The number of carbonyl (C=O) groups is 2. The minimum absolute atomic E-state index is 0.111. The topological polar surface area (TPSA) is 67.9 Å². The lowest BCUT2D eigenvalue weighted by atomic mass is 10.2. The molecule has 0 unspecified atom stereocenters. The first-order valence-electron chi connectivity index (χ1n) is 8.48. The number of carbonyl (C=O) groups excluding carboxylic acids is 2. The summed E-state index contributed by atoms with van der Waals surface area (Å²) in [5.41, 5.74) is 2.29. The van der Waals surface area contributed by atoms with E-state index in [9.17, 15) is 9.59 Å². The van der Waals surface area contributed by atoms with Gasteiger partial charge in [-0.1, -0.05) is 17.7 Å². The SMILES string of the molecule is CCOC(=O)Nc1ccc(C(=O)N(C)CCOc2ccc(C)cc2)cc1. The summed E-state index contributed by atoms with van der Waals surface area (Å²) >= 11 is 0. The van der Waals surface area contributed by atoms with Crippen molar-refractivity contribution in [1.29, 1.82) is 0 Å². The maximum absolute atomic E-state index is 12.4. The van der Waals surface area contributed by atoms with Gasteiger partial charge in [0.15, 0.2) is 0 Å². The zero-order chi connectivity index (χ0) is 18.9. The third kappa shape index (κ3) is 5.81. The lowest BCUT2D eigenvalue weighted by Crippen LogP contribution is -2.30. The van der Waals surface area contributed by atoms with E-state index < -0.39 is 6.09 Å². The third-order valence-corrected chi connectivity index (χ3v) is 3.72. The van der Waals surface area contributed by atoms with Crippen molar-refractivity contribution in [2.24, 2.45) is 0 Å². The monoisotopic (exact) mass is 356 g/mol. The maximum Gasteiger partial charge on any atom is 0.411 e. The van der Waals surface area contributed by atoms with Crippen molar-refractivity contribution >= 4 is 17.7 Å². The molecule has 0 aromatic heterocycles. The first-order chi connectivity index (χ1) is 12.5. The Morgan fingerprint density at radius 2 is 1.69 bits per heavy atom. The molecule has 0 aliphatic carbocycles. The van der Waals surface area contributed by atoms with E-state index in [0.717, 1.165) is 5.75 Å². The van der Waals surface area contributed by atoms with Crippen molar-refractivity contribution in [2.75, 3.05) is 32.1 Å². The molecule has 2 aromatic carbocycles. The highest BCUT2D eigenvalue weighted by Crippen LogP contribution is 2.13. The predicted molar refractivity (Wildman–Crippen MR) is 101 cm³/mol. The van der Waals surface area contributed by atoms with Gasteiger partial charge in [0.2, 0.25) is 0 Å². The summed E-state index contributed by atoms with van der Waals surface area (Å²) in [5.74, 6) is 0.672. The minimum atomic E-state index is -0.517. The quantitative estimate of drug-likeness (QED) is 0.821. The summed E-state index contributed by atoms with van der Waals surface area (Å²) in [6.07, 6.45) is -0.517. The molecule has 0 saturated carbocycles. The van der Waals surface area contributed by atoms with Gasteiger partial charge in [0.05, 0.1) is 13.2 Å². The van der Waals surface area contributed by atoms with E-state index in [1.54, 1.807) is 43.1 Å². The molecule has 26 heavy (non-hydrogen) atoms. The first kappa shape index (κ1) is 19.3. The van der Waals surface area contributed by atoms with E-state index in [1.165, 1.54) is 5.56 Å². The smallest absolute Gasteiger partial charge is 0.411 e. The maximum atomic E-state index is 12.4. The average molecular weight is 356 g/mol. The van der Waals surface area contributed by atoms with Crippen LogP contribution in [0.25, 0.3) is 0 Å². The van der Waals surface area contributed by atoms with E-state index in [4.69, 9.17) is 9.47 Å². The standard InChI is InChI=1S/C20H24N2O4/c1-4-25-20(24)21-17-9-7-16(8-10-17)19(23)22(3)13-14-26-18-11-5-15(2)6-12-18/h5-12H,4,13-14H2,1-3H3,(H,21,24). The molecule has 138 valence electrons. The van der Waals surface area contributed by atoms with Crippen molar-refractivity contribution in [3.8, 4) is 5.75 Å². The normalized spacial score (nSPS) is 10.1. The Morgan fingerprint density at radius 1 is 1.04 bits per heavy atom. The average Bonchev–Trinajstić information content (AvgIpc) is 2.63. The van der Waals surface area contributed by atoms with Crippen LogP contribution in [0.15, 0.2) is 48.5 Å². The summed E-state index contributed by atoms with van der Waals surface area (Å²) in [4.78, 5) is 25.4. The molecule has 0 atom stereocenters. The number of rotatable bonds is 7. The van der Waals surface area contributed by atoms with Gasteiger partial charge in [0, 0.05) is 18.3 Å². The molecule has 2 rings (SSSR count). The first-order valence-corrected chi connectivity index (χ1v) is 8.48. The van der Waals surface area contributed by atoms with Crippen LogP contribution in [0.3, 0.4) is 0 Å². The number of anilines is 1. The summed E-state index contributed by atoms with van der Waals surface area (Å²) in [6, 6.07) is 14.5. The lowest BCUT2D eigenvalue weighted by molar-refractivity contribution is 0.0774. The van der Waals surface area contributed by atoms with Crippen LogP contribution in [0.5, 0.6) is 5.75 Å². The molecule has 0 bridgehead atoms. The van der Waals surface area contributed by atoms with E-state index in [2.05, 4.69) is 5.32 Å². The number of nitrogens with one attached hydrogen (secondary N) is 1. The Morgan fingerprint density at radius 3 is 2.31 bits per heavy atom. The Kier molecular flexibility index (Phi) is 7.02. The van der Waals surface area contributed by atoms with Crippen LogP contribution >= 0.6 is 0 Å². The number of likely N-dealkylation sites (N-methyl/N-ethyl adjacent to an activating group) is 1. The molecule has 0 saturated heterocycles. The summed E-state index contributed by atoms with van der Waals surface area (Å²) in [7, 11) is 1.73. The van der Waals surface area contributed by atoms with Gasteiger partial charge in [0.25, 0.3) is 5.91 Å². The van der Waals surface area contributed by atoms with Crippen LogP contribution in [-0.2, 0) is 4.74 Å². The van der Waals surface area contributed by atoms with E-state index in [0.29, 0.717) is 31.0 Å². The molecule has 0 aliphatic heterocycles. The van der Waals surface area contributed by atoms with Gasteiger partial charge in [-0.2, -0.15) is 0 Å². The van der Waals surface area contributed by atoms with Crippen LogP contribution in [0, 0.1) is 6.92 Å². The van der Waals surface area contributed by atoms with Gasteiger partial charge in [-0.05, 0) is 50.2 Å². The molecule has 6 nitrogen and oxygen atoms in total. The number of amides is 2. The molecule has 0 radical (unpaired) electrons. The second kappa shape index (κ2) is 9.46. The van der Waals surface area contributed by atoms with Crippen LogP contribution in [0.2, 0.25) is 0 Å². The van der Waals surface area contributed by atoms with E-state index >= 15 is 0 Å². The molecule has 1 N–H and O–H groups in total. The fourth-order valence-corrected chi connectivity index (χ4v) is 2.24. The molecule has 2 aromatic rings. The van der Waals surface area contributed by atoms with E-state index in [1.807, 2.05) is 31.2 Å². The fraction of sp³-hybridized carbons (Fsp3) is 0.300. The third-order valence-electron chi connectivity index (χ3n) is 3.72. The van der Waals surface area contributed by atoms with E-state index in [-0.39, 0.29) is 5.91 Å². The van der Waals surface area contributed by atoms with Gasteiger partial charge >= 0.3 is 6.09 Å². The molecule has 6 heteroatoms.